The molecule has 10 heteroatoms. The van der Waals surface area contributed by atoms with Crippen LogP contribution < -0.4 is 9.80 Å². The number of aromatic nitrogens is 2. The molecule has 0 N–H and O–H groups in total. The van der Waals surface area contributed by atoms with Crippen molar-refractivity contribution in [2.24, 2.45) is 5.92 Å². The third-order valence-corrected chi connectivity index (χ3v) is 7.48. The van der Waals surface area contributed by atoms with Crippen LogP contribution in [0.2, 0.25) is 0 Å². The van der Waals surface area contributed by atoms with Gasteiger partial charge in [-0.15, -0.1) is 10.2 Å². The molecule has 0 aliphatic carbocycles. The van der Waals surface area contributed by atoms with Crippen LogP contribution in [0.1, 0.15) is 38.5 Å². The van der Waals surface area contributed by atoms with Crippen molar-refractivity contribution >= 4 is 33.4 Å². The monoisotopic (exact) mass is 421 g/mol. The molecule has 0 radical (unpaired) electrons. The molecular formula is C19H27N5O4S. The fraction of sp³-hybridized carbons (Fsp3) is 0.789. The number of piperidine rings is 2. The van der Waals surface area contributed by atoms with Gasteiger partial charge in [0.15, 0.2) is 5.79 Å². The largest absolute Gasteiger partial charge is 0.347 e. The highest BCUT2D eigenvalue weighted by atomic mass is 32.1. The van der Waals surface area contributed by atoms with Crippen LogP contribution in [-0.4, -0.2) is 78.6 Å². The van der Waals surface area contributed by atoms with Gasteiger partial charge in [0.25, 0.3) is 0 Å². The molecule has 0 bridgehead atoms. The van der Waals surface area contributed by atoms with E-state index >= 15 is 0 Å². The molecule has 2 amide bonds. The lowest BCUT2D eigenvalue weighted by Crippen LogP contribution is -2.50. The molecule has 4 saturated heterocycles. The Morgan fingerprint density at radius 3 is 2.34 bits per heavy atom. The Labute approximate surface area is 173 Å². The quantitative estimate of drug-likeness (QED) is 0.726. The Bertz CT molecular complexity index is 762. The number of nitrogens with zero attached hydrogens (tertiary/aromatic N) is 5. The van der Waals surface area contributed by atoms with Crippen LogP contribution in [0.15, 0.2) is 0 Å². The van der Waals surface area contributed by atoms with Crippen molar-refractivity contribution in [3.05, 3.63) is 0 Å². The zero-order chi connectivity index (χ0) is 19.8. The lowest BCUT2D eigenvalue weighted by atomic mass is 9.94. The summed E-state index contributed by atoms with van der Waals surface area (Å²) in [6, 6.07) is 0. The molecule has 4 aliphatic heterocycles. The van der Waals surface area contributed by atoms with Gasteiger partial charge in [0.2, 0.25) is 22.1 Å². The van der Waals surface area contributed by atoms with E-state index < -0.39 is 5.79 Å². The zero-order valence-corrected chi connectivity index (χ0v) is 17.4. The van der Waals surface area contributed by atoms with Gasteiger partial charge in [0, 0.05) is 57.9 Å². The SMILES string of the molecule is O=C(C1CCN(c2nnc(N3CCCC3=O)s2)CC1)N1CCC2(CC1)OCCO2. The number of amides is 2. The first-order valence-electron chi connectivity index (χ1n) is 10.6. The van der Waals surface area contributed by atoms with Crippen LogP contribution >= 0.6 is 11.3 Å². The molecule has 0 saturated carbocycles. The summed E-state index contributed by atoms with van der Waals surface area (Å²) in [7, 11) is 0. The third kappa shape index (κ3) is 3.73. The highest BCUT2D eigenvalue weighted by molar-refractivity contribution is 7.19. The van der Waals surface area contributed by atoms with Crippen molar-refractivity contribution in [1.29, 1.82) is 0 Å². The summed E-state index contributed by atoms with van der Waals surface area (Å²) in [4.78, 5) is 30.8. The van der Waals surface area contributed by atoms with E-state index in [1.807, 2.05) is 4.90 Å². The molecule has 4 fully saturated rings. The van der Waals surface area contributed by atoms with Gasteiger partial charge in [-0.2, -0.15) is 0 Å². The summed E-state index contributed by atoms with van der Waals surface area (Å²) >= 11 is 1.47. The minimum absolute atomic E-state index is 0.0678. The van der Waals surface area contributed by atoms with Crippen molar-refractivity contribution in [2.75, 3.05) is 55.7 Å². The zero-order valence-electron chi connectivity index (χ0n) is 16.5. The maximum Gasteiger partial charge on any atom is 0.228 e. The first kappa shape index (κ1) is 19.2. The Balaban J connectivity index is 1.13. The number of carbonyl (C=O) groups excluding carboxylic acids is 2. The predicted molar refractivity (Wildman–Crippen MR) is 107 cm³/mol. The third-order valence-electron chi connectivity index (χ3n) is 6.47. The Hall–Kier alpha value is -1.78. The molecule has 0 aromatic carbocycles. The Morgan fingerprint density at radius 1 is 1.00 bits per heavy atom. The molecule has 0 unspecified atom stereocenters. The molecule has 158 valence electrons. The number of hydrogen-bond acceptors (Lipinski definition) is 8. The van der Waals surface area contributed by atoms with Gasteiger partial charge in [0.05, 0.1) is 13.2 Å². The number of ether oxygens (including phenoxy) is 2. The van der Waals surface area contributed by atoms with Crippen molar-refractivity contribution in [1.82, 2.24) is 15.1 Å². The number of rotatable bonds is 3. The van der Waals surface area contributed by atoms with Gasteiger partial charge in [-0.1, -0.05) is 11.3 Å². The lowest BCUT2D eigenvalue weighted by Gasteiger charge is -2.40. The molecule has 5 rings (SSSR count). The lowest BCUT2D eigenvalue weighted by molar-refractivity contribution is -0.188. The summed E-state index contributed by atoms with van der Waals surface area (Å²) in [5, 5.41) is 10.1. The van der Waals surface area contributed by atoms with E-state index in [2.05, 4.69) is 15.1 Å². The van der Waals surface area contributed by atoms with Gasteiger partial charge < -0.3 is 19.3 Å². The first-order chi connectivity index (χ1) is 14.1. The molecule has 1 spiro atoms. The van der Waals surface area contributed by atoms with Gasteiger partial charge in [0.1, 0.15) is 0 Å². The molecule has 9 nitrogen and oxygen atoms in total. The average molecular weight is 422 g/mol. The molecule has 4 aliphatic rings. The van der Waals surface area contributed by atoms with Crippen LogP contribution in [0.4, 0.5) is 10.3 Å². The van der Waals surface area contributed by atoms with Crippen LogP contribution in [0.5, 0.6) is 0 Å². The second kappa shape index (κ2) is 7.81. The molecule has 0 atom stereocenters. The maximum absolute atomic E-state index is 13.0. The number of hydrogen-bond donors (Lipinski definition) is 0. The van der Waals surface area contributed by atoms with Crippen LogP contribution in [0.3, 0.4) is 0 Å². The fourth-order valence-electron chi connectivity index (χ4n) is 4.72. The molecule has 1 aromatic rings. The van der Waals surface area contributed by atoms with E-state index in [0.29, 0.717) is 37.9 Å². The van der Waals surface area contributed by atoms with Crippen molar-refractivity contribution in [3.8, 4) is 0 Å². The number of carbonyl (C=O) groups is 2. The second-order valence-electron chi connectivity index (χ2n) is 8.21. The first-order valence-corrected chi connectivity index (χ1v) is 11.4. The topological polar surface area (TPSA) is 88.1 Å². The average Bonchev–Trinajstić information content (AvgIpc) is 3.50. The Kier molecular flexibility index (Phi) is 5.17. The summed E-state index contributed by atoms with van der Waals surface area (Å²) < 4.78 is 11.5. The van der Waals surface area contributed by atoms with E-state index in [1.54, 1.807) is 4.90 Å². The van der Waals surface area contributed by atoms with Crippen LogP contribution in [0, 0.1) is 5.92 Å². The maximum atomic E-state index is 13.0. The highest BCUT2D eigenvalue weighted by Crippen LogP contribution is 2.34. The number of anilines is 2. The standard InChI is InChI=1S/C19H27N5O4S/c25-15-2-1-7-24(15)18-21-20-17(29-18)23-8-3-14(4-9-23)16(26)22-10-5-19(6-11-22)27-12-13-28-19/h14H,1-13H2. The van der Waals surface area contributed by atoms with Crippen LogP contribution in [0.25, 0.3) is 0 Å². The molecular weight excluding hydrogens is 394 g/mol. The van der Waals surface area contributed by atoms with E-state index in [4.69, 9.17) is 9.47 Å². The van der Waals surface area contributed by atoms with E-state index in [0.717, 1.165) is 56.9 Å². The summed E-state index contributed by atoms with van der Waals surface area (Å²) in [6.45, 7) is 5.06. The van der Waals surface area contributed by atoms with Crippen molar-refractivity contribution < 1.29 is 19.1 Å². The summed E-state index contributed by atoms with van der Waals surface area (Å²) in [5.41, 5.74) is 0. The summed E-state index contributed by atoms with van der Waals surface area (Å²) in [5.74, 6) is 0.0250. The predicted octanol–water partition coefficient (Wildman–Crippen LogP) is 1.25. The normalized spacial score (nSPS) is 25.4. The number of likely N-dealkylation sites (tertiary alicyclic amines) is 1. The minimum atomic E-state index is -0.438. The van der Waals surface area contributed by atoms with Crippen molar-refractivity contribution in [3.63, 3.8) is 0 Å². The molecule has 5 heterocycles. The van der Waals surface area contributed by atoms with Gasteiger partial charge >= 0.3 is 0 Å². The van der Waals surface area contributed by atoms with E-state index in [1.165, 1.54) is 11.3 Å². The smallest absolute Gasteiger partial charge is 0.228 e. The van der Waals surface area contributed by atoms with E-state index in [9.17, 15) is 9.59 Å². The van der Waals surface area contributed by atoms with Gasteiger partial charge in [-0.25, -0.2) is 0 Å². The van der Waals surface area contributed by atoms with Crippen LogP contribution in [-0.2, 0) is 19.1 Å². The molecule has 29 heavy (non-hydrogen) atoms. The second-order valence-corrected chi connectivity index (χ2v) is 9.14. The highest BCUT2D eigenvalue weighted by Gasteiger charge is 2.42. The van der Waals surface area contributed by atoms with E-state index in [-0.39, 0.29) is 17.7 Å². The Morgan fingerprint density at radius 2 is 1.69 bits per heavy atom. The minimum Gasteiger partial charge on any atom is -0.347 e. The van der Waals surface area contributed by atoms with Gasteiger partial charge in [-0.3, -0.25) is 14.5 Å². The summed E-state index contributed by atoms with van der Waals surface area (Å²) in [6.07, 6.45) is 4.66. The van der Waals surface area contributed by atoms with Crippen molar-refractivity contribution in [2.45, 2.75) is 44.3 Å². The van der Waals surface area contributed by atoms with Gasteiger partial charge in [-0.05, 0) is 19.3 Å². The fourth-order valence-corrected chi connectivity index (χ4v) is 5.67. The molecule has 1 aromatic heterocycles.